The van der Waals surface area contributed by atoms with Crippen LogP contribution >= 0.6 is 0 Å². The van der Waals surface area contributed by atoms with Crippen molar-refractivity contribution < 1.29 is 9.90 Å². The fourth-order valence-corrected chi connectivity index (χ4v) is 1.87. The van der Waals surface area contributed by atoms with Gasteiger partial charge in [-0.3, -0.25) is 4.79 Å². The van der Waals surface area contributed by atoms with Crippen LogP contribution in [0.25, 0.3) is 0 Å². The van der Waals surface area contributed by atoms with Crippen molar-refractivity contribution in [1.29, 1.82) is 0 Å². The number of aliphatic hydroxyl groups excluding tert-OH is 1. The van der Waals surface area contributed by atoms with E-state index in [1.807, 2.05) is 0 Å². The molecular formula is C8H12O2. The van der Waals surface area contributed by atoms with Crippen LogP contribution in [0.2, 0.25) is 0 Å². The molecule has 0 aromatic heterocycles. The van der Waals surface area contributed by atoms with Gasteiger partial charge in [0.1, 0.15) is 5.78 Å². The lowest BCUT2D eigenvalue weighted by atomic mass is 9.83. The number of rotatable bonds is 0. The van der Waals surface area contributed by atoms with E-state index in [2.05, 4.69) is 0 Å². The highest BCUT2D eigenvalue weighted by Gasteiger charge is 2.51. The van der Waals surface area contributed by atoms with E-state index >= 15 is 0 Å². The van der Waals surface area contributed by atoms with Gasteiger partial charge in [-0.05, 0) is 19.3 Å². The standard InChI is InChI=1S/C8H12O2/c9-6-1-2-7(10)8(5-6)3-4-8/h7,10H,1-5H2/t7-/m1/s1. The van der Waals surface area contributed by atoms with E-state index in [9.17, 15) is 9.90 Å². The summed E-state index contributed by atoms with van der Waals surface area (Å²) in [5.74, 6) is 0.350. The van der Waals surface area contributed by atoms with E-state index in [0.717, 1.165) is 12.8 Å². The minimum atomic E-state index is -0.176. The highest BCUT2D eigenvalue weighted by atomic mass is 16.3. The Labute approximate surface area is 60.2 Å². The molecule has 1 atom stereocenters. The number of hydrogen-bond donors (Lipinski definition) is 1. The Hall–Kier alpha value is -0.370. The smallest absolute Gasteiger partial charge is 0.133 e. The van der Waals surface area contributed by atoms with Crippen LogP contribution in [0.1, 0.15) is 32.1 Å². The van der Waals surface area contributed by atoms with Crippen LogP contribution in [0.4, 0.5) is 0 Å². The first kappa shape index (κ1) is 6.35. The fraction of sp³-hybridized carbons (Fsp3) is 0.875. The SMILES string of the molecule is O=C1CC[C@@H](O)C2(CC2)C1. The van der Waals surface area contributed by atoms with Crippen molar-refractivity contribution in [2.45, 2.75) is 38.2 Å². The average molecular weight is 140 g/mol. The molecule has 2 saturated carbocycles. The van der Waals surface area contributed by atoms with E-state index in [-0.39, 0.29) is 11.5 Å². The lowest BCUT2D eigenvalue weighted by Gasteiger charge is -2.25. The van der Waals surface area contributed by atoms with E-state index in [1.54, 1.807) is 0 Å². The summed E-state index contributed by atoms with van der Waals surface area (Å²) in [5, 5.41) is 9.46. The van der Waals surface area contributed by atoms with Crippen LogP contribution < -0.4 is 0 Å². The Morgan fingerprint density at radius 3 is 2.70 bits per heavy atom. The van der Waals surface area contributed by atoms with Gasteiger partial charge in [0.25, 0.3) is 0 Å². The first-order chi connectivity index (χ1) is 4.73. The molecule has 0 saturated heterocycles. The van der Waals surface area contributed by atoms with Crippen molar-refractivity contribution in [2.75, 3.05) is 0 Å². The number of hydrogen-bond acceptors (Lipinski definition) is 2. The molecular weight excluding hydrogens is 128 g/mol. The summed E-state index contributed by atoms with van der Waals surface area (Å²) in [6, 6.07) is 0. The Kier molecular flexibility index (Phi) is 1.15. The first-order valence-electron chi connectivity index (χ1n) is 3.93. The van der Waals surface area contributed by atoms with Gasteiger partial charge in [0.2, 0.25) is 0 Å². The summed E-state index contributed by atoms with van der Waals surface area (Å²) < 4.78 is 0. The Morgan fingerprint density at radius 1 is 1.50 bits per heavy atom. The maximum absolute atomic E-state index is 11.0. The molecule has 0 unspecified atom stereocenters. The molecule has 0 aliphatic heterocycles. The minimum absolute atomic E-state index is 0.0648. The normalized spacial score (nSPS) is 36.5. The number of Topliss-reactive ketones (excluding diaryl/α,β-unsaturated/α-hetero) is 1. The Morgan fingerprint density at radius 2 is 2.20 bits per heavy atom. The van der Waals surface area contributed by atoms with Gasteiger partial charge in [0.05, 0.1) is 6.10 Å². The van der Waals surface area contributed by atoms with Crippen LogP contribution in [0.3, 0.4) is 0 Å². The summed E-state index contributed by atoms with van der Waals surface area (Å²) >= 11 is 0. The van der Waals surface area contributed by atoms with Crippen LogP contribution in [0.5, 0.6) is 0 Å². The molecule has 0 aromatic rings. The van der Waals surface area contributed by atoms with Gasteiger partial charge in [0.15, 0.2) is 0 Å². The topological polar surface area (TPSA) is 37.3 Å². The second-order valence-electron chi connectivity index (χ2n) is 3.63. The lowest BCUT2D eigenvalue weighted by Crippen LogP contribution is -2.30. The average Bonchev–Trinajstić information content (AvgIpc) is 2.62. The molecule has 2 aliphatic carbocycles. The number of ketones is 1. The van der Waals surface area contributed by atoms with Gasteiger partial charge in [0, 0.05) is 18.3 Å². The highest BCUT2D eigenvalue weighted by Crippen LogP contribution is 2.55. The zero-order chi connectivity index (χ0) is 7.19. The van der Waals surface area contributed by atoms with Gasteiger partial charge in [-0.2, -0.15) is 0 Å². The third kappa shape index (κ3) is 0.788. The maximum atomic E-state index is 11.0. The molecule has 0 radical (unpaired) electrons. The van der Waals surface area contributed by atoms with Crippen LogP contribution in [0, 0.1) is 5.41 Å². The first-order valence-corrected chi connectivity index (χ1v) is 3.93. The summed E-state index contributed by atoms with van der Waals surface area (Å²) in [5.41, 5.74) is 0.0648. The van der Waals surface area contributed by atoms with Crippen molar-refractivity contribution in [3.63, 3.8) is 0 Å². The highest BCUT2D eigenvalue weighted by molar-refractivity contribution is 5.80. The van der Waals surface area contributed by atoms with Crippen molar-refractivity contribution in [1.82, 2.24) is 0 Å². The molecule has 56 valence electrons. The van der Waals surface area contributed by atoms with Crippen LogP contribution in [0.15, 0.2) is 0 Å². The third-order valence-electron chi connectivity index (χ3n) is 2.84. The predicted octanol–water partition coefficient (Wildman–Crippen LogP) is 0.881. The van der Waals surface area contributed by atoms with E-state index < -0.39 is 0 Å². The van der Waals surface area contributed by atoms with Gasteiger partial charge >= 0.3 is 0 Å². The van der Waals surface area contributed by atoms with E-state index in [4.69, 9.17) is 0 Å². The zero-order valence-electron chi connectivity index (χ0n) is 5.97. The molecule has 1 spiro atoms. The van der Waals surface area contributed by atoms with Gasteiger partial charge in [-0.15, -0.1) is 0 Å². The van der Waals surface area contributed by atoms with Gasteiger partial charge < -0.3 is 5.11 Å². The molecule has 2 nitrogen and oxygen atoms in total. The third-order valence-corrected chi connectivity index (χ3v) is 2.84. The number of carbonyl (C=O) groups is 1. The van der Waals surface area contributed by atoms with E-state index in [1.165, 1.54) is 0 Å². The lowest BCUT2D eigenvalue weighted by molar-refractivity contribution is -0.125. The van der Waals surface area contributed by atoms with Crippen LogP contribution in [-0.2, 0) is 4.79 Å². The summed E-state index contributed by atoms with van der Waals surface area (Å²) in [7, 11) is 0. The number of carbonyl (C=O) groups excluding carboxylic acids is 1. The quantitative estimate of drug-likeness (QED) is 0.542. The van der Waals surface area contributed by atoms with E-state index in [0.29, 0.717) is 25.0 Å². The van der Waals surface area contributed by atoms with Crippen molar-refractivity contribution in [3.8, 4) is 0 Å². The molecule has 2 rings (SSSR count). The largest absolute Gasteiger partial charge is 0.393 e. The molecule has 0 heterocycles. The van der Waals surface area contributed by atoms with Crippen molar-refractivity contribution in [2.24, 2.45) is 5.41 Å². The molecule has 0 bridgehead atoms. The fourth-order valence-electron chi connectivity index (χ4n) is 1.87. The molecule has 10 heavy (non-hydrogen) atoms. The summed E-state index contributed by atoms with van der Waals surface area (Å²) in [4.78, 5) is 11.0. The number of aliphatic hydroxyl groups is 1. The summed E-state index contributed by atoms with van der Waals surface area (Å²) in [6.07, 6.45) is 3.92. The van der Waals surface area contributed by atoms with Crippen molar-refractivity contribution >= 4 is 5.78 Å². The molecule has 2 fully saturated rings. The molecule has 0 amide bonds. The second kappa shape index (κ2) is 1.82. The molecule has 0 aromatic carbocycles. The van der Waals surface area contributed by atoms with Crippen molar-refractivity contribution in [3.05, 3.63) is 0 Å². The second-order valence-corrected chi connectivity index (χ2v) is 3.63. The minimum Gasteiger partial charge on any atom is -0.393 e. The molecule has 2 aliphatic rings. The maximum Gasteiger partial charge on any atom is 0.133 e. The van der Waals surface area contributed by atoms with Crippen LogP contribution in [-0.4, -0.2) is 17.0 Å². The Bertz CT molecular complexity index is 170. The molecule has 1 N–H and O–H groups in total. The Balaban J connectivity index is 2.10. The molecule has 2 heteroatoms. The van der Waals surface area contributed by atoms with Gasteiger partial charge in [-0.1, -0.05) is 0 Å². The summed E-state index contributed by atoms with van der Waals surface area (Å²) in [6.45, 7) is 0. The predicted molar refractivity (Wildman–Crippen MR) is 36.5 cm³/mol. The zero-order valence-corrected chi connectivity index (χ0v) is 5.97. The monoisotopic (exact) mass is 140 g/mol. The van der Waals surface area contributed by atoms with Gasteiger partial charge in [-0.25, -0.2) is 0 Å².